The summed E-state index contributed by atoms with van der Waals surface area (Å²) in [6.07, 6.45) is 1.79. The molecule has 0 saturated heterocycles. The standard InChI is InChI=1S/C10H10BrNO/c11-8-3-1-7(2-4-8)10(5-6-10)9(12)13/h1-4H,5-6H2,(H2,12,13). The molecule has 0 spiro atoms. The maximum Gasteiger partial charge on any atom is 0.228 e. The van der Waals surface area contributed by atoms with E-state index in [0.29, 0.717) is 0 Å². The van der Waals surface area contributed by atoms with E-state index >= 15 is 0 Å². The highest BCUT2D eigenvalue weighted by molar-refractivity contribution is 9.10. The van der Waals surface area contributed by atoms with Gasteiger partial charge in [0.1, 0.15) is 0 Å². The predicted octanol–water partition coefficient (Wildman–Crippen LogP) is 1.97. The van der Waals surface area contributed by atoms with Gasteiger partial charge >= 0.3 is 0 Å². The molecular formula is C10H10BrNO. The van der Waals surface area contributed by atoms with Crippen LogP contribution in [0.1, 0.15) is 18.4 Å². The molecule has 1 fully saturated rings. The summed E-state index contributed by atoms with van der Waals surface area (Å²) in [6, 6.07) is 7.81. The molecule has 0 aliphatic heterocycles. The highest BCUT2D eigenvalue weighted by Gasteiger charge is 2.49. The van der Waals surface area contributed by atoms with Crippen molar-refractivity contribution in [1.82, 2.24) is 0 Å². The second-order valence-corrected chi connectivity index (χ2v) is 4.37. The molecule has 0 unspecified atom stereocenters. The van der Waals surface area contributed by atoms with E-state index in [1.807, 2.05) is 24.3 Å². The predicted molar refractivity (Wildman–Crippen MR) is 54.2 cm³/mol. The van der Waals surface area contributed by atoms with Crippen LogP contribution in [0.5, 0.6) is 0 Å². The van der Waals surface area contributed by atoms with Crippen LogP contribution in [-0.4, -0.2) is 5.91 Å². The van der Waals surface area contributed by atoms with Crippen molar-refractivity contribution in [3.63, 3.8) is 0 Å². The second-order valence-electron chi connectivity index (χ2n) is 3.45. The van der Waals surface area contributed by atoms with Crippen LogP contribution in [0.15, 0.2) is 28.7 Å². The van der Waals surface area contributed by atoms with Gasteiger partial charge in [-0.05, 0) is 30.5 Å². The molecule has 3 heteroatoms. The number of benzene rings is 1. The van der Waals surface area contributed by atoms with Gasteiger partial charge in [-0.15, -0.1) is 0 Å². The van der Waals surface area contributed by atoms with Crippen LogP contribution in [0.25, 0.3) is 0 Å². The van der Waals surface area contributed by atoms with E-state index < -0.39 is 0 Å². The summed E-state index contributed by atoms with van der Waals surface area (Å²) in [5.74, 6) is -0.199. The van der Waals surface area contributed by atoms with Crippen LogP contribution >= 0.6 is 15.9 Å². The maximum atomic E-state index is 11.2. The monoisotopic (exact) mass is 239 g/mol. The minimum absolute atomic E-state index is 0.199. The first-order valence-electron chi connectivity index (χ1n) is 4.21. The molecule has 68 valence electrons. The quantitative estimate of drug-likeness (QED) is 0.843. The van der Waals surface area contributed by atoms with Crippen LogP contribution in [0, 0.1) is 0 Å². The van der Waals surface area contributed by atoms with E-state index in [0.717, 1.165) is 22.9 Å². The third-order valence-electron chi connectivity index (χ3n) is 2.62. The summed E-state index contributed by atoms with van der Waals surface area (Å²) >= 11 is 3.35. The lowest BCUT2D eigenvalue weighted by atomic mass is 9.96. The number of hydrogen-bond acceptors (Lipinski definition) is 1. The molecule has 1 saturated carbocycles. The Kier molecular flexibility index (Phi) is 1.91. The lowest BCUT2D eigenvalue weighted by Crippen LogP contribution is -2.28. The smallest absolute Gasteiger partial charge is 0.228 e. The third kappa shape index (κ3) is 1.37. The molecule has 0 atom stereocenters. The third-order valence-corrected chi connectivity index (χ3v) is 3.15. The van der Waals surface area contributed by atoms with Gasteiger partial charge in [0, 0.05) is 4.47 Å². The Balaban J connectivity index is 2.36. The van der Waals surface area contributed by atoms with Gasteiger partial charge in [-0.1, -0.05) is 28.1 Å². The number of nitrogens with two attached hydrogens (primary N) is 1. The number of rotatable bonds is 2. The average Bonchev–Trinajstić information content (AvgIpc) is 2.86. The van der Waals surface area contributed by atoms with Crippen LogP contribution in [0.3, 0.4) is 0 Å². The van der Waals surface area contributed by atoms with Gasteiger partial charge in [0.05, 0.1) is 5.41 Å². The minimum Gasteiger partial charge on any atom is -0.369 e. The highest BCUT2D eigenvalue weighted by Crippen LogP contribution is 2.47. The Morgan fingerprint density at radius 2 is 1.85 bits per heavy atom. The fourth-order valence-electron chi connectivity index (χ4n) is 1.57. The van der Waals surface area contributed by atoms with Crippen molar-refractivity contribution >= 4 is 21.8 Å². The fraction of sp³-hybridized carbons (Fsp3) is 0.300. The number of primary amides is 1. The van der Waals surface area contributed by atoms with Crippen molar-refractivity contribution in [1.29, 1.82) is 0 Å². The summed E-state index contributed by atoms with van der Waals surface area (Å²) in [6.45, 7) is 0. The van der Waals surface area contributed by atoms with E-state index in [2.05, 4.69) is 15.9 Å². The molecule has 1 aromatic carbocycles. The average molecular weight is 240 g/mol. The van der Waals surface area contributed by atoms with Crippen molar-refractivity contribution < 1.29 is 4.79 Å². The van der Waals surface area contributed by atoms with Gasteiger partial charge in [0.15, 0.2) is 0 Å². The Morgan fingerprint density at radius 3 is 2.23 bits per heavy atom. The molecule has 0 aromatic heterocycles. The van der Waals surface area contributed by atoms with E-state index in [1.165, 1.54) is 0 Å². The SMILES string of the molecule is NC(=O)C1(c2ccc(Br)cc2)CC1. The number of carbonyl (C=O) groups is 1. The molecule has 2 N–H and O–H groups in total. The zero-order valence-corrected chi connectivity index (χ0v) is 8.67. The van der Waals surface area contributed by atoms with Gasteiger partial charge < -0.3 is 5.73 Å². The molecule has 2 rings (SSSR count). The van der Waals surface area contributed by atoms with Crippen molar-refractivity contribution in [3.8, 4) is 0 Å². The first-order chi connectivity index (χ1) is 6.15. The summed E-state index contributed by atoms with van der Waals surface area (Å²) in [4.78, 5) is 11.2. The van der Waals surface area contributed by atoms with Gasteiger partial charge in [0.2, 0.25) is 5.91 Å². The number of amides is 1. The lowest BCUT2D eigenvalue weighted by molar-refractivity contribution is -0.120. The van der Waals surface area contributed by atoms with Crippen LogP contribution < -0.4 is 5.73 Å². The largest absolute Gasteiger partial charge is 0.369 e. The zero-order chi connectivity index (χ0) is 9.47. The molecule has 1 aromatic rings. The summed E-state index contributed by atoms with van der Waals surface area (Å²) in [7, 11) is 0. The number of halogens is 1. The Morgan fingerprint density at radius 1 is 1.31 bits per heavy atom. The van der Waals surface area contributed by atoms with Crippen LogP contribution in [0.2, 0.25) is 0 Å². The maximum absolute atomic E-state index is 11.2. The molecule has 1 amide bonds. The molecule has 13 heavy (non-hydrogen) atoms. The molecule has 2 nitrogen and oxygen atoms in total. The zero-order valence-electron chi connectivity index (χ0n) is 7.09. The van der Waals surface area contributed by atoms with Crippen molar-refractivity contribution in [2.45, 2.75) is 18.3 Å². The van der Waals surface area contributed by atoms with Crippen molar-refractivity contribution in [2.75, 3.05) is 0 Å². The molecule has 0 bridgehead atoms. The number of hydrogen-bond donors (Lipinski definition) is 1. The molecule has 0 radical (unpaired) electrons. The normalized spacial score (nSPS) is 18.2. The highest BCUT2D eigenvalue weighted by atomic mass is 79.9. The van der Waals surface area contributed by atoms with E-state index in [-0.39, 0.29) is 11.3 Å². The van der Waals surface area contributed by atoms with Gasteiger partial charge in [-0.25, -0.2) is 0 Å². The van der Waals surface area contributed by atoms with Crippen molar-refractivity contribution in [3.05, 3.63) is 34.3 Å². The van der Waals surface area contributed by atoms with Crippen molar-refractivity contribution in [2.24, 2.45) is 5.73 Å². The van der Waals surface area contributed by atoms with Gasteiger partial charge in [-0.2, -0.15) is 0 Å². The Hall–Kier alpha value is -0.830. The molecular weight excluding hydrogens is 230 g/mol. The molecule has 0 heterocycles. The summed E-state index contributed by atoms with van der Waals surface area (Å²) in [5.41, 5.74) is 6.05. The van der Waals surface area contributed by atoms with E-state index in [4.69, 9.17) is 5.73 Å². The minimum atomic E-state index is -0.347. The molecule has 1 aliphatic carbocycles. The first kappa shape index (κ1) is 8.75. The van der Waals surface area contributed by atoms with E-state index in [1.54, 1.807) is 0 Å². The van der Waals surface area contributed by atoms with Crippen LogP contribution in [-0.2, 0) is 10.2 Å². The van der Waals surface area contributed by atoms with Gasteiger partial charge in [0.25, 0.3) is 0 Å². The lowest BCUT2D eigenvalue weighted by Gasteiger charge is -2.10. The van der Waals surface area contributed by atoms with E-state index in [9.17, 15) is 4.79 Å². The summed E-state index contributed by atoms with van der Waals surface area (Å²) < 4.78 is 1.02. The van der Waals surface area contributed by atoms with Crippen LogP contribution in [0.4, 0.5) is 0 Å². The fourth-order valence-corrected chi connectivity index (χ4v) is 1.84. The van der Waals surface area contributed by atoms with Gasteiger partial charge in [-0.3, -0.25) is 4.79 Å². The first-order valence-corrected chi connectivity index (χ1v) is 5.00. The second kappa shape index (κ2) is 2.84. The Bertz CT molecular complexity index is 340. The molecule has 1 aliphatic rings. The topological polar surface area (TPSA) is 43.1 Å². The summed E-state index contributed by atoms with van der Waals surface area (Å²) in [5, 5.41) is 0. The Labute approximate surface area is 85.3 Å². The number of carbonyl (C=O) groups excluding carboxylic acids is 1.